The number of carbonyl (C=O) groups is 2. The number of fused-ring (bicyclic) bond motifs is 1. The van der Waals surface area contributed by atoms with Gasteiger partial charge < -0.3 is 4.79 Å². The van der Waals surface area contributed by atoms with E-state index in [1.807, 2.05) is 74.5 Å². The van der Waals surface area contributed by atoms with Crippen LogP contribution in [0.2, 0.25) is 0 Å². The van der Waals surface area contributed by atoms with Gasteiger partial charge in [-0.15, -0.1) is 0 Å². The lowest BCUT2D eigenvalue weighted by atomic mass is 9.81. The molecule has 0 fully saturated rings. The molecule has 0 unspecified atom stereocenters. The first-order valence-electron chi connectivity index (χ1n) is 11.4. The second-order valence-electron chi connectivity index (χ2n) is 10.3. The molecule has 33 heavy (non-hydrogen) atoms. The molecule has 166 valence electrons. The highest BCUT2D eigenvalue weighted by molar-refractivity contribution is 6.14. The van der Waals surface area contributed by atoms with Crippen molar-refractivity contribution in [3.63, 3.8) is 0 Å². The van der Waals surface area contributed by atoms with Crippen LogP contribution in [0.3, 0.4) is 0 Å². The maximum Gasteiger partial charge on any atom is 0.193 e. The van der Waals surface area contributed by atoms with Crippen LogP contribution >= 0.6 is 0 Å². The van der Waals surface area contributed by atoms with Crippen molar-refractivity contribution in [1.82, 2.24) is 0 Å². The summed E-state index contributed by atoms with van der Waals surface area (Å²) in [6, 6.07) is 28.0. The molecule has 2 nitrogen and oxygen atoms in total. The molecular weight excluding hydrogens is 404 g/mol. The topological polar surface area (TPSA) is 34.1 Å². The van der Waals surface area contributed by atoms with Crippen molar-refractivity contribution < 1.29 is 9.59 Å². The number of rotatable bonds is 5. The number of ketones is 1. The van der Waals surface area contributed by atoms with Crippen LogP contribution in [0.4, 0.5) is 0 Å². The highest BCUT2D eigenvalue weighted by atomic mass is 16.1. The van der Waals surface area contributed by atoms with Gasteiger partial charge in [-0.1, -0.05) is 99.6 Å². The van der Waals surface area contributed by atoms with E-state index < -0.39 is 5.41 Å². The van der Waals surface area contributed by atoms with E-state index >= 15 is 0 Å². The standard InChI is InChI=1S/C31H30O2/c1-30(2,3)23-15-13-22(14-16-23)29(33)27-18-17-24(31(4,5)20-32)19-28(27)26-12-8-10-21-9-6-7-11-25(21)26/h6-20H,1-5H3. The lowest BCUT2D eigenvalue weighted by molar-refractivity contribution is -0.111. The molecule has 0 atom stereocenters. The Balaban J connectivity index is 1.91. The van der Waals surface area contributed by atoms with Crippen molar-refractivity contribution in [3.8, 4) is 11.1 Å². The fourth-order valence-electron chi connectivity index (χ4n) is 4.17. The van der Waals surface area contributed by atoms with Crippen LogP contribution in [-0.2, 0) is 15.6 Å². The van der Waals surface area contributed by atoms with Crippen molar-refractivity contribution in [1.29, 1.82) is 0 Å². The summed E-state index contributed by atoms with van der Waals surface area (Å²) < 4.78 is 0. The van der Waals surface area contributed by atoms with E-state index in [9.17, 15) is 9.59 Å². The molecule has 0 aliphatic heterocycles. The van der Waals surface area contributed by atoms with Crippen LogP contribution in [0.25, 0.3) is 21.9 Å². The molecule has 0 aliphatic carbocycles. The summed E-state index contributed by atoms with van der Waals surface area (Å²) in [7, 11) is 0. The van der Waals surface area contributed by atoms with Gasteiger partial charge in [0.2, 0.25) is 0 Å². The third kappa shape index (κ3) is 4.39. The monoisotopic (exact) mass is 434 g/mol. The van der Waals surface area contributed by atoms with Gasteiger partial charge >= 0.3 is 0 Å². The maximum absolute atomic E-state index is 13.7. The Labute approximate surface area is 196 Å². The van der Waals surface area contributed by atoms with Gasteiger partial charge in [0.25, 0.3) is 0 Å². The van der Waals surface area contributed by atoms with Crippen LogP contribution < -0.4 is 0 Å². The van der Waals surface area contributed by atoms with Gasteiger partial charge in [-0.25, -0.2) is 0 Å². The lowest BCUT2D eigenvalue weighted by Gasteiger charge is -2.21. The summed E-state index contributed by atoms with van der Waals surface area (Å²) in [4.78, 5) is 25.5. The van der Waals surface area contributed by atoms with Crippen LogP contribution in [0.1, 0.15) is 61.7 Å². The summed E-state index contributed by atoms with van der Waals surface area (Å²) in [5.74, 6) is -0.0196. The van der Waals surface area contributed by atoms with Gasteiger partial charge in [0.1, 0.15) is 6.29 Å². The van der Waals surface area contributed by atoms with Crippen molar-refractivity contribution in [2.24, 2.45) is 0 Å². The SMILES string of the molecule is CC(C)(C)c1ccc(C(=O)c2ccc(C(C)(C)C=O)cc2-c2cccc3ccccc23)cc1. The average molecular weight is 435 g/mol. The van der Waals surface area contributed by atoms with E-state index in [-0.39, 0.29) is 11.2 Å². The van der Waals surface area contributed by atoms with Crippen LogP contribution in [-0.4, -0.2) is 12.1 Å². The zero-order valence-electron chi connectivity index (χ0n) is 20.0. The molecule has 4 rings (SSSR count). The molecule has 4 aromatic carbocycles. The van der Waals surface area contributed by atoms with Gasteiger partial charge in [-0.3, -0.25) is 4.79 Å². The largest absolute Gasteiger partial charge is 0.302 e. The molecular formula is C31H30O2. The molecule has 0 amide bonds. The van der Waals surface area contributed by atoms with E-state index in [1.54, 1.807) is 0 Å². The minimum absolute atomic E-state index is 0.0196. The number of aldehydes is 1. The van der Waals surface area contributed by atoms with Gasteiger partial charge in [0.05, 0.1) is 0 Å². The number of benzene rings is 4. The predicted octanol–water partition coefficient (Wildman–Crippen LogP) is 7.51. The second kappa shape index (κ2) is 8.44. The van der Waals surface area contributed by atoms with Gasteiger partial charge in [0.15, 0.2) is 5.78 Å². The summed E-state index contributed by atoms with van der Waals surface area (Å²) in [6.07, 6.45) is 0.960. The normalized spacial score (nSPS) is 12.0. The second-order valence-corrected chi connectivity index (χ2v) is 10.3. The number of hydrogen-bond acceptors (Lipinski definition) is 2. The van der Waals surface area contributed by atoms with E-state index in [0.717, 1.165) is 33.7 Å². The lowest BCUT2D eigenvalue weighted by Crippen LogP contribution is -2.19. The van der Waals surface area contributed by atoms with Crippen LogP contribution in [0, 0.1) is 0 Å². The molecule has 0 aromatic heterocycles. The molecule has 0 bridgehead atoms. The molecule has 4 aromatic rings. The van der Waals surface area contributed by atoms with Crippen molar-refractivity contribution >= 4 is 22.8 Å². The molecule has 2 heteroatoms. The summed E-state index contributed by atoms with van der Waals surface area (Å²) in [5.41, 5.74) is 4.60. The fourth-order valence-corrected chi connectivity index (χ4v) is 4.17. The first-order chi connectivity index (χ1) is 15.6. The zero-order valence-corrected chi connectivity index (χ0v) is 20.0. The minimum atomic E-state index is -0.644. The van der Waals surface area contributed by atoms with E-state index in [1.165, 1.54) is 5.56 Å². The van der Waals surface area contributed by atoms with E-state index in [0.29, 0.717) is 11.1 Å². The maximum atomic E-state index is 13.7. The van der Waals surface area contributed by atoms with Crippen molar-refractivity contribution in [2.75, 3.05) is 0 Å². The van der Waals surface area contributed by atoms with Crippen molar-refractivity contribution in [2.45, 2.75) is 45.4 Å². The van der Waals surface area contributed by atoms with E-state index in [4.69, 9.17) is 0 Å². The van der Waals surface area contributed by atoms with Gasteiger partial charge in [-0.05, 0) is 58.4 Å². The first-order valence-corrected chi connectivity index (χ1v) is 11.4. The van der Waals surface area contributed by atoms with Gasteiger partial charge in [0, 0.05) is 16.5 Å². The summed E-state index contributed by atoms with van der Waals surface area (Å²) in [6.45, 7) is 10.3. The smallest absolute Gasteiger partial charge is 0.193 e. The Kier molecular flexibility index (Phi) is 5.80. The molecule has 0 aliphatic rings. The molecule has 0 spiro atoms. The Morgan fingerprint density at radius 1 is 0.697 bits per heavy atom. The molecule has 0 radical (unpaired) electrons. The first kappa shape index (κ1) is 22.7. The Morgan fingerprint density at radius 2 is 1.33 bits per heavy atom. The number of hydrogen-bond donors (Lipinski definition) is 0. The van der Waals surface area contributed by atoms with Crippen LogP contribution in [0.15, 0.2) is 84.9 Å². The fraction of sp³-hybridized carbons (Fsp3) is 0.226. The Hall–Kier alpha value is -3.52. The van der Waals surface area contributed by atoms with Gasteiger partial charge in [-0.2, -0.15) is 0 Å². The van der Waals surface area contributed by atoms with Crippen molar-refractivity contribution in [3.05, 3.63) is 107 Å². The van der Waals surface area contributed by atoms with E-state index in [2.05, 4.69) is 45.0 Å². The zero-order chi connectivity index (χ0) is 23.8. The minimum Gasteiger partial charge on any atom is -0.302 e. The highest BCUT2D eigenvalue weighted by Crippen LogP contribution is 2.35. The predicted molar refractivity (Wildman–Crippen MR) is 137 cm³/mol. The molecule has 0 saturated carbocycles. The quantitative estimate of drug-likeness (QED) is 0.240. The third-order valence-electron chi connectivity index (χ3n) is 6.40. The highest BCUT2D eigenvalue weighted by Gasteiger charge is 2.24. The average Bonchev–Trinajstić information content (AvgIpc) is 2.82. The summed E-state index contributed by atoms with van der Waals surface area (Å²) >= 11 is 0. The molecule has 0 saturated heterocycles. The Morgan fingerprint density at radius 3 is 2.00 bits per heavy atom. The number of carbonyl (C=O) groups excluding carboxylic acids is 2. The molecule has 0 heterocycles. The third-order valence-corrected chi connectivity index (χ3v) is 6.40. The summed E-state index contributed by atoms with van der Waals surface area (Å²) in [5, 5.41) is 2.20. The Bertz CT molecular complexity index is 1330. The molecule has 0 N–H and O–H groups in total. The van der Waals surface area contributed by atoms with Crippen LogP contribution in [0.5, 0.6) is 0 Å².